The summed E-state index contributed by atoms with van der Waals surface area (Å²) in [7, 11) is -2.27. The number of methoxy groups -OCH3 is 1. The zero-order chi connectivity index (χ0) is 20.0. The summed E-state index contributed by atoms with van der Waals surface area (Å²) < 4.78 is 32.3. The Morgan fingerprint density at radius 2 is 1.93 bits per heavy atom. The zero-order valence-corrected chi connectivity index (χ0v) is 18.2. The lowest BCUT2D eigenvalue weighted by molar-refractivity contribution is 0.0950. The molecule has 0 fully saturated rings. The van der Waals surface area contributed by atoms with Crippen LogP contribution in [0.4, 0.5) is 0 Å². The summed E-state index contributed by atoms with van der Waals surface area (Å²) >= 11 is 15.2. The molecule has 0 bridgehead atoms. The van der Waals surface area contributed by atoms with E-state index in [-0.39, 0.29) is 30.2 Å². The molecule has 2 aromatic carbocycles. The molecule has 10 heteroatoms. The number of sulfonamides is 1. The number of nitrogens with one attached hydrogen (secondary N) is 2. The van der Waals surface area contributed by atoms with Crippen LogP contribution in [0.15, 0.2) is 45.8 Å². The van der Waals surface area contributed by atoms with Crippen LogP contribution < -0.4 is 10.0 Å². The molecule has 1 amide bonds. The van der Waals surface area contributed by atoms with Gasteiger partial charge in [-0.15, -0.1) is 0 Å². The van der Waals surface area contributed by atoms with Gasteiger partial charge in [-0.25, -0.2) is 13.1 Å². The Morgan fingerprint density at radius 1 is 1.19 bits per heavy atom. The van der Waals surface area contributed by atoms with Crippen molar-refractivity contribution >= 4 is 55.1 Å². The molecule has 0 atom stereocenters. The third-order valence-electron chi connectivity index (χ3n) is 3.55. The molecule has 0 saturated heterocycles. The van der Waals surface area contributed by atoms with Crippen molar-refractivity contribution in [2.24, 2.45) is 0 Å². The van der Waals surface area contributed by atoms with Crippen LogP contribution in [0, 0.1) is 0 Å². The molecule has 0 aromatic heterocycles. The Labute approximate surface area is 176 Å². The highest BCUT2D eigenvalue weighted by Crippen LogP contribution is 2.23. The van der Waals surface area contributed by atoms with Gasteiger partial charge >= 0.3 is 0 Å². The second-order valence-corrected chi connectivity index (χ2v) is 8.92. The SMILES string of the molecule is COCCNS(=O)(=O)c1ccc(Br)c(C(=O)NCc2ccc(Cl)cc2Cl)c1. The summed E-state index contributed by atoms with van der Waals surface area (Å²) in [6.45, 7) is 0.542. The van der Waals surface area contributed by atoms with Crippen molar-refractivity contribution in [2.45, 2.75) is 11.4 Å². The number of ether oxygens (including phenoxy) is 1. The topological polar surface area (TPSA) is 84.5 Å². The van der Waals surface area contributed by atoms with Crippen LogP contribution in [0.25, 0.3) is 0 Å². The van der Waals surface area contributed by atoms with Crippen molar-refractivity contribution in [1.82, 2.24) is 10.0 Å². The Kier molecular flexibility index (Phi) is 8.08. The van der Waals surface area contributed by atoms with Crippen LogP contribution in [0.5, 0.6) is 0 Å². The Bertz CT molecular complexity index is 939. The average Bonchev–Trinajstić information content (AvgIpc) is 2.61. The van der Waals surface area contributed by atoms with Crippen molar-refractivity contribution in [3.63, 3.8) is 0 Å². The van der Waals surface area contributed by atoms with Crippen LogP contribution in [0.2, 0.25) is 10.0 Å². The molecule has 146 valence electrons. The number of carbonyl (C=O) groups excluding carboxylic acids is 1. The lowest BCUT2D eigenvalue weighted by Crippen LogP contribution is -2.28. The fraction of sp³-hybridized carbons (Fsp3) is 0.235. The number of rotatable bonds is 8. The van der Waals surface area contributed by atoms with E-state index in [1.807, 2.05) is 0 Å². The predicted octanol–water partition coefficient (Wildman–Crippen LogP) is 3.61. The summed E-state index contributed by atoms with van der Waals surface area (Å²) in [4.78, 5) is 12.5. The fourth-order valence-corrected chi connectivity index (χ4v) is 4.08. The normalized spacial score (nSPS) is 11.4. The van der Waals surface area contributed by atoms with Crippen LogP contribution in [-0.4, -0.2) is 34.6 Å². The van der Waals surface area contributed by atoms with Gasteiger partial charge in [-0.2, -0.15) is 0 Å². The molecule has 0 aliphatic rings. The van der Waals surface area contributed by atoms with Crippen LogP contribution in [0.1, 0.15) is 15.9 Å². The van der Waals surface area contributed by atoms with E-state index in [4.69, 9.17) is 27.9 Å². The smallest absolute Gasteiger partial charge is 0.252 e. The Morgan fingerprint density at radius 3 is 2.59 bits per heavy atom. The average molecular weight is 496 g/mol. The molecule has 0 aliphatic carbocycles. The number of hydrogen-bond acceptors (Lipinski definition) is 4. The quantitative estimate of drug-likeness (QED) is 0.548. The second-order valence-electron chi connectivity index (χ2n) is 5.45. The minimum Gasteiger partial charge on any atom is -0.383 e. The number of carbonyl (C=O) groups is 1. The summed E-state index contributed by atoms with van der Waals surface area (Å²) in [5.74, 6) is -0.443. The lowest BCUT2D eigenvalue weighted by Gasteiger charge is -2.11. The fourth-order valence-electron chi connectivity index (χ4n) is 2.14. The maximum absolute atomic E-state index is 12.5. The monoisotopic (exact) mass is 494 g/mol. The van der Waals surface area contributed by atoms with E-state index in [9.17, 15) is 13.2 Å². The van der Waals surface area contributed by atoms with Gasteiger partial charge in [-0.05, 0) is 51.8 Å². The first-order chi connectivity index (χ1) is 12.7. The lowest BCUT2D eigenvalue weighted by atomic mass is 10.2. The minimum atomic E-state index is -3.75. The first-order valence-corrected chi connectivity index (χ1v) is 10.8. The van der Waals surface area contributed by atoms with E-state index in [1.165, 1.54) is 25.3 Å². The summed E-state index contributed by atoms with van der Waals surface area (Å²) in [5, 5.41) is 3.64. The maximum Gasteiger partial charge on any atom is 0.252 e. The molecular formula is C17H17BrCl2N2O4S. The Hall–Kier alpha value is -1.16. The highest BCUT2D eigenvalue weighted by atomic mass is 79.9. The molecular weight excluding hydrogens is 479 g/mol. The van der Waals surface area contributed by atoms with Crippen molar-refractivity contribution in [1.29, 1.82) is 0 Å². The minimum absolute atomic E-state index is 0.0171. The first-order valence-electron chi connectivity index (χ1n) is 7.75. The van der Waals surface area contributed by atoms with Crippen LogP contribution in [0.3, 0.4) is 0 Å². The highest BCUT2D eigenvalue weighted by molar-refractivity contribution is 9.10. The van der Waals surface area contributed by atoms with Crippen molar-refractivity contribution in [3.05, 3.63) is 62.0 Å². The van der Waals surface area contributed by atoms with E-state index in [0.29, 0.717) is 20.1 Å². The molecule has 0 saturated carbocycles. The van der Waals surface area contributed by atoms with E-state index >= 15 is 0 Å². The van der Waals surface area contributed by atoms with Gasteiger partial charge in [0.1, 0.15) is 0 Å². The van der Waals surface area contributed by atoms with E-state index in [0.717, 1.165) is 0 Å². The zero-order valence-electron chi connectivity index (χ0n) is 14.3. The number of hydrogen-bond donors (Lipinski definition) is 2. The summed E-state index contributed by atoms with van der Waals surface area (Å²) in [5.41, 5.74) is 0.880. The van der Waals surface area contributed by atoms with Gasteiger partial charge in [0.2, 0.25) is 10.0 Å². The first kappa shape index (κ1) is 22.1. The molecule has 0 heterocycles. The van der Waals surface area contributed by atoms with Gasteiger partial charge in [0.15, 0.2) is 0 Å². The van der Waals surface area contributed by atoms with Gasteiger partial charge in [-0.1, -0.05) is 29.3 Å². The summed E-state index contributed by atoms with van der Waals surface area (Å²) in [6, 6.07) is 9.18. The molecule has 27 heavy (non-hydrogen) atoms. The van der Waals surface area contributed by atoms with E-state index in [2.05, 4.69) is 26.0 Å². The molecule has 0 aliphatic heterocycles. The number of benzene rings is 2. The van der Waals surface area contributed by atoms with E-state index in [1.54, 1.807) is 18.2 Å². The molecule has 0 radical (unpaired) electrons. The van der Waals surface area contributed by atoms with Crippen LogP contribution >= 0.6 is 39.1 Å². The highest BCUT2D eigenvalue weighted by Gasteiger charge is 2.18. The van der Waals surface area contributed by atoms with Gasteiger partial charge in [0.05, 0.1) is 17.1 Å². The predicted molar refractivity (Wildman–Crippen MR) is 109 cm³/mol. The number of halogens is 3. The molecule has 0 unspecified atom stereocenters. The number of amides is 1. The largest absolute Gasteiger partial charge is 0.383 e. The molecule has 2 rings (SSSR count). The van der Waals surface area contributed by atoms with Crippen molar-refractivity contribution in [3.8, 4) is 0 Å². The molecule has 6 nitrogen and oxygen atoms in total. The van der Waals surface area contributed by atoms with Crippen LogP contribution in [-0.2, 0) is 21.3 Å². The maximum atomic E-state index is 12.5. The van der Waals surface area contributed by atoms with Gasteiger partial charge < -0.3 is 10.1 Å². The van der Waals surface area contributed by atoms with E-state index < -0.39 is 15.9 Å². The third kappa shape index (κ3) is 6.17. The third-order valence-corrected chi connectivity index (χ3v) is 6.28. The summed E-state index contributed by atoms with van der Waals surface area (Å²) in [6.07, 6.45) is 0. The van der Waals surface area contributed by atoms with Gasteiger partial charge in [-0.3, -0.25) is 4.79 Å². The molecule has 2 aromatic rings. The van der Waals surface area contributed by atoms with Gasteiger partial charge in [0.25, 0.3) is 5.91 Å². The second kappa shape index (κ2) is 9.86. The molecule has 2 N–H and O–H groups in total. The standard InChI is InChI=1S/C17H17BrCl2N2O4S/c1-26-7-6-22-27(24,25)13-4-5-15(18)14(9-13)17(23)21-10-11-2-3-12(19)8-16(11)20/h2-5,8-9,22H,6-7,10H2,1H3,(H,21,23). The van der Waals surface area contributed by atoms with Crippen molar-refractivity contribution < 1.29 is 17.9 Å². The van der Waals surface area contributed by atoms with Crippen molar-refractivity contribution in [2.75, 3.05) is 20.3 Å². The van der Waals surface area contributed by atoms with Gasteiger partial charge in [0, 0.05) is 34.7 Å². The molecule has 0 spiro atoms. The Balaban J connectivity index is 2.16.